The van der Waals surface area contributed by atoms with Crippen LogP contribution in [0, 0.1) is 11.3 Å². The Morgan fingerprint density at radius 2 is 1.94 bits per heavy atom. The Labute approximate surface area is 203 Å². The Kier molecular flexibility index (Phi) is 7.59. The van der Waals surface area contributed by atoms with E-state index in [4.69, 9.17) is 15.9 Å². The molecule has 0 spiro atoms. The molecule has 1 fully saturated rings. The minimum atomic E-state index is -0.453. The minimum Gasteiger partial charge on any atom is -0.469 e. The molecule has 1 unspecified atom stereocenters. The molecule has 7 nitrogen and oxygen atoms in total. The van der Waals surface area contributed by atoms with E-state index < -0.39 is 5.92 Å². The maximum Gasteiger partial charge on any atom is 0.310 e. The minimum absolute atomic E-state index is 0.00377. The van der Waals surface area contributed by atoms with Crippen LogP contribution >= 0.6 is 11.3 Å². The lowest BCUT2D eigenvalue weighted by Crippen LogP contribution is -2.52. The van der Waals surface area contributed by atoms with E-state index in [0.717, 1.165) is 46.9 Å². The smallest absolute Gasteiger partial charge is 0.310 e. The molecule has 2 aromatic carbocycles. The van der Waals surface area contributed by atoms with Gasteiger partial charge in [-0.2, -0.15) is 0 Å². The number of nitrogens with one attached hydrogen (secondary N) is 3. The van der Waals surface area contributed by atoms with E-state index >= 15 is 0 Å². The average molecular weight is 479 g/mol. The summed E-state index contributed by atoms with van der Waals surface area (Å²) in [5, 5.41) is 10.8. The molecule has 1 heterocycles. The number of amidine groups is 1. The zero-order valence-corrected chi connectivity index (χ0v) is 20.0. The molecule has 1 aliphatic carbocycles. The molecule has 8 heteroatoms. The third-order valence-electron chi connectivity index (χ3n) is 6.54. The van der Waals surface area contributed by atoms with Gasteiger partial charge in [0.05, 0.1) is 18.9 Å². The van der Waals surface area contributed by atoms with Crippen LogP contribution < -0.4 is 16.6 Å². The number of ether oxygens (including phenoxy) is 1. The van der Waals surface area contributed by atoms with Crippen molar-refractivity contribution in [2.24, 2.45) is 11.7 Å². The number of nitrogens with two attached hydrogens (primary N) is 1. The predicted molar refractivity (Wildman–Crippen MR) is 135 cm³/mol. The molecule has 3 aromatic rings. The third kappa shape index (κ3) is 5.29. The molecule has 0 bridgehead atoms. The highest BCUT2D eigenvalue weighted by molar-refractivity contribution is 7.17. The first-order chi connectivity index (χ1) is 16.5. The summed E-state index contributed by atoms with van der Waals surface area (Å²) in [7, 11) is 1.40. The lowest BCUT2D eigenvalue weighted by Gasteiger charge is -2.31. The van der Waals surface area contributed by atoms with Gasteiger partial charge in [-0.1, -0.05) is 43.2 Å². The zero-order chi connectivity index (χ0) is 24.1. The van der Waals surface area contributed by atoms with Gasteiger partial charge in [-0.3, -0.25) is 20.4 Å². The highest BCUT2D eigenvalue weighted by Gasteiger charge is 2.33. The molecule has 4 rings (SSSR count). The van der Waals surface area contributed by atoms with Crippen LogP contribution in [0.5, 0.6) is 0 Å². The number of hydrogen-bond acceptors (Lipinski definition) is 6. The third-order valence-corrected chi connectivity index (χ3v) is 7.52. The van der Waals surface area contributed by atoms with E-state index in [-0.39, 0.29) is 29.7 Å². The van der Waals surface area contributed by atoms with Crippen LogP contribution in [0.25, 0.3) is 10.1 Å². The number of hydrogen-bond donors (Lipinski definition) is 4. The van der Waals surface area contributed by atoms with Crippen molar-refractivity contribution in [1.29, 1.82) is 5.41 Å². The first-order valence-electron chi connectivity index (χ1n) is 11.5. The molecule has 34 heavy (non-hydrogen) atoms. The lowest BCUT2D eigenvalue weighted by molar-refractivity contribution is -0.148. The van der Waals surface area contributed by atoms with Gasteiger partial charge < -0.3 is 10.5 Å². The summed E-state index contributed by atoms with van der Waals surface area (Å²) in [4.78, 5) is 25.8. The molecule has 0 radical (unpaired) electrons. The number of hydrazine groups is 1. The van der Waals surface area contributed by atoms with Crippen LogP contribution in [-0.4, -0.2) is 30.9 Å². The molecule has 0 aliphatic heterocycles. The molecule has 1 saturated carbocycles. The quantitative estimate of drug-likeness (QED) is 0.170. The summed E-state index contributed by atoms with van der Waals surface area (Å²) >= 11 is 1.57. The lowest BCUT2D eigenvalue weighted by atomic mass is 9.85. The average Bonchev–Trinajstić information content (AvgIpc) is 3.29. The van der Waals surface area contributed by atoms with Gasteiger partial charge in [0, 0.05) is 16.3 Å². The largest absolute Gasteiger partial charge is 0.469 e. The molecular formula is C26H30N4O3S. The highest BCUT2D eigenvalue weighted by Crippen LogP contribution is 2.34. The Morgan fingerprint density at radius 3 is 2.68 bits per heavy atom. The van der Waals surface area contributed by atoms with Crippen LogP contribution in [0.3, 0.4) is 0 Å². The van der Waals surface area contributed by atoms with Crippen molar-refractivity contribution in [2.45, 2.75) is 44.1 Å². The molecule has 0 saturated heterocycles. The van der Waals surface area contributed by atoms with Gasteiger partial charge >= 0.3 is 5.97 Å². The summed E-state index contributed by atoms with van der Waals surface area (Å²) in [6.45, 7) is 0. The Hall–Kier alpha value is -3.23. The van der Waals surface area contributed by atoms with Crippen molar-refractivity contribution in [3.05, 3.63) is 70.6 Å². The number of thiophene rings is 1. The zero-order valence-electron chi connectivity index (χ0n) is 19.2. The maximum absolute atomic E-state index is 13.5. The maximum atomic E-state index is 13.5. The Bertz CT molecular complexity index is 1180. The van der Waals surface area contributed by atoms with E-state index in [1.807, 2.05) is 53.9 Å². The van der Waals surface area contributed by atoms with E-state index in [9.17, 15) is 9.59 Å². The normalized spacial score (nSPS) is 18.9. The molecular weight excluding hydrogens is 448 g/mol. The van der Waals surface area contributed by atoms with E-state index in [0.29, 0.717) is 12.0 Å². The second-order valence-corrected chi connectivity index (χ2v) is 9.62. The monoisotopic (exact) mass is 478 g/mol. The molecule has 3 atom stereocenters. The fraction of sp³-hybridized carbons (Fsp3) is 0.346. The molecule has 1 amide bonds. The summed E-state index contributed by atoms with van der Waals surface area (Å²) in [6, 6.07) is 15.4. The number of esters is 1. The summed E-state index contributed by atoms with van der Waals surface area (Å²) in [6.07, 6.45) is 4.04. The van der Waals surface area contributed by atoms with Gasteiger partial charge in [-0.05, 0) is 59.4 Å². The molecule has 1 aliphatic rings. The van der Waals surface area contributed by atoms with Gasteiger partial charge in [0.15, 0.2) is 0 Å². The second-order valence-electron chi connectivity index (χ2n) is 8.71. The van der Waals surface area contributed by atoms with Crippen molar-refractivity contribution >= 4 is 39.1 Å². The van der Waals surface area contributed by atoms with E-state index in [2.05, 4.69) is 10.9 Å². The first-order valence-corrected chi connectivity index (χ1v) is 12.4. The number of benzene rings is 2. The summed E-state index contributed by atoms with van der Waals surface area (Å²) < 4.78 is 6.01. The highest BCUT2D eigenvalue weighted by atomic mass is 32.1. The first kappa shape index (κ1) is 23.9. The van der Waals surface area contributed by atoms with Gasteiger partial charge in [0.2, 0.25) is 5.91 Å². The number of methoxy groups -OCH3 is 1. The van der Waals surface area contributed by atoms with Crippen molar-refractivity contribution < 1.29 is 14.3 Å². The molecule has 178 valence electrons. The van der Waals surface area contributed by atoms with Crippen LogP contribution in [-0.2, 0) is 20.7 Å². The van der Waals surface area contributed by atoms with Crippen molar-refractivity contribution in [3.63, 3.8) is 0 Å². The van der Waals surface area contributed by atoms with Crippen molar-refractivity contribution in [1.82, 2.24) is 10.9 Å². The second kappa shape index (κ2) is 10.8. The van der Waals surface area contributed by atoms with Crippen molar-refractivity contribution in [2.75, 3.05) is 7.11 Å². The Morgan fingerprint density at radius 1 is 1.18 bits per heavy atom. The van der Waals surface area contributed by atoms with Gasteiger partial charge in [0.1, 0.15) is 5.84 Å². The van der Waals surface area contributed by atoms with Gasteiger partial charge in [-0.25, -0.2) is 5.43 Å². The molecule has 5 N–H and O–H groups in total. The number of carbonyl (C=O) groups is 2. The van der Waals surface area contributed by atoms with Crippen LogP contribution in [0.1, 0.15) is 48.3 Å². The summed E-state index contributed by atoms with van der Waals surface area (Å²) in [5.74, 6) is -1.13. The topological polar surface area (TPSA) is 117 Å². The van der Waals surface area contributed by atoms with E-state index in [1.165, 1.54) is 7.11 Å². The number of nitrogen functional groups attached to an aromatic ring is 1. The number of carbonyl (C=O) groups excluding carboxylic acids is 2. The van der Waals surface area contributed by atoms with E-state index in [1.54, 1.807) is 11.3 Å². The van der Waals surface area contributed by atoms with Gasteiger partial charge in [0.25, 0.3) is 0 Å². The fourth-order valence-electron chi connectivity index (χ4n) is 4.67. The van der Waals surface area contributed by atoms with Crippen LogP contribution in [0.4, 0.5) is 0 Å². The predicted octanol–water partition coefficient (Wildman–Crippen LogP) is 3.86. The van der Waals surface area contributed by atoms with Gasteiger partial charge in [-0.15, -0.1) is 11.3 Å². The van der Waals surface area contributed by atoms with Crippen LogP contribution in [0.2, 0.25) is 0 Å². The molecule has 1 aromatic heterocycles. The SMILES string of the molecule is COC(=O)[C@H]1CCCCC1NNC(=O)[C@@H](Cc1ccccc1)c1csc2ccc(C(=N)N)cc12. The van der Waals surface area contributed by atoms with Crippen molar-refractivity contribution in [3.8, 4) is 0 Å². The number of amides is 1. The van der Waals surface area contributed by atoms with Crippen LogP contribution in [0.15, 0.2) is 53.9 Å². The number of rotatable bonds is 8. The standard InChI is InChI=1S/C26H30N4O3S/c1-33-26(32)18-9-5-6-10-22(18)29-30-25(31)20(13-16-7-3-2-4-8-16)21-15-34-23-12-11-17(24(27)28)14-19(21)23/h2-4,7-8,11-12,14-15,18,20,22,29H,5-6,9-10,13H2,1H3,(H3,27,28)(H,30,31)/t18-,20-,22?/m0/s1. The Balaban J connectivity index is 1.61. The fourth-order valence-corrected chi connectivity index (χ4v) is 5.66. The summed E-state index contributed by atoms with van der Waals surface area (Å²) in [5.41, 5.74) is 14.4. The number of fused-ring (bicyclic) bond motifs is 1.